The Kier molecular flexibility index (Phi) is 4.87. The summed E-state index contributed by atoms with van der Waals surface area (Å²) < 4.78 is 0. The van der Waals surface area contributed by atoms with Gasteiger partial charge >= 0.3 is 0 Å². The first-order valence-corrected chi connectivity index (χ1v) is 8.01. The molecule has 0 aromatic heterocycles. The Morgan fingerprint density at radius 1 is 1.35 bits per heavy atom. The van der Waals surface area contributed by atoms with E-state index in [9.17, 15) is 0 Å². The fraction of sp³-hybridized carbons (Fsp3) is 0.667. The summed E-state index contributed by atoms with van der Waals surface area (Å²) in [5.41, 5.74) is 3.20. The van der Waals surface area contributed by atoms with Crippen LogP contribution in [0.2, 0.25) is 0 Å². The molecule has 1 aliphatic heterocycles. The summed E-state index contributed by atoms with van der Waals surface area (Å²) in [5, 5.41) is 4.94. The molecule has 1 atom stereocenters. The van der Waals surface area contributed by atoms with Crippen molar-refractivity contribution in [1.82, 2.24) is 10.0 Å². The molecule has 0 N–H and O–H groups in total. The fourth-order valence-corrected chi connectivity index (χ4v) is 3.31. The second-order valence-electron chi connectivity index (χ2n) is 6.91. The van der Waals surface area contributed by atoms with Crippen LogP contribution >= 0.6 is 0 Å². The van der Waals surface area contributed by atoms with Gasteiger partial charge in [0.25, 0.3) is 0 Å². The van der Waals surface area contributed by atoms with Gasteiger partial charge in [0.1, 0.15) is 0 Å². The van der Waals surface area contributed by atoms with Gasteiger partial charge in [-0.3, -0.25) is 0 Å². The van der Waals surface area contributed by atoms with Gasteiger partial charge in [-0.2, -0.15) is 0 Å². The number of hydrazine groups is 1. The Hall–Kier alpha value is -0.860. The van der Waals surface area contributed by atoms with Crippen molar-refractivity contribution >= 4 is 0 Å². The Bertz CT molecular complexity index is 439. The smallest absolute Gasteiger partial charge is 0.0381 e. The molecule has 0 bridgehead atoms. The quantitative estimate of drug-likeness (QED) is 0.784. The highest BCUT2D eigenvalue weighted by atomic mass is 15.6. The molecule has 2 nitrogen and oxygen atoms in total. The minimum Gasteiger partial charge on any atom is -0.240 e. The highest BCUT2D eigenvalue weighted by Gasteiger charge is 2.34. The predicted octanol–water partition coefficient (Wildman–Crippen LogP) is 4.42. The Morgan fingerprint density at radius 2 is 2.10 bits per heavy atom. The molecule has 0 radical (unpaired) electrons. The minimum absolute atomic E-state index is 0.309. The monoisotopic (exact) mass is 274 g/mol. The molecule has 2 rings (SSSR count). The first-order chi connectivity index (χ1) is 9.44. The zero-order valence-corrected chi connectivity index (χ0v) is 13.8. The highest BCUT2D eigenvalue weighted by Crippen LogP contribution is 2.30. The zero-order chi connectivity index (χ0) is 14.8. The maximum atomic E-state index is 2.53. The van der Waals surface area contributed by atoms with Crippen molar-refractivity contribution in [2.45, 2.75) is 65.0 Å². The van der Waals surface area contributed by atoms with Crippen molar-refractivity contribution in [2.75, 3.05) is 13.6 Å². The second-order valence-corrected chi connectivity index (χ2v) is 6.91. The molecule has 1 heterocycles. The van der Waals surface area contributed by atoms with Crippen molar-refractivity contribution in [2.24, 2.45) is 0 Å². The van der Waals surface area contributed by atoms with Crippen LogP contribution in [0.25, 0.3) is 0 Å². The second kappa shape index (κ2) is 6.28. The van der Waals surface area contributed by atoms with Gasteiger partial charge in [-0.15, -0.1) is 0 Å². The van der Waals surface area contributed by atoms with Gasteiger partial charge in [0.15, 0.2) is 0 Å². The SMILES string of the molecule is CCC(C)c1cccc(CN(C)N2CCCC2(C)C)c1. The fourth-order valence-electron chi connectivity index (χ4n) is 3.31. The zero-order valence-electron chi connectivity index (χ0n) is 13.8. The largest absolute Gasteiger partial charge is 0.240 e. The van der Waals surface area contributed by atoms with Gasteiger partial charge in [0.05, 0.1) is 0 Å². The number of hydrogen-bond acceptors (Lipinski definition) is 2. The molecule has 1 saturated heterocycles. The average Bonchev–Trinajstić information content (AvgIpc) is 2.77. The number of hydrogen-bond donors (Lipinski definition) is 0. The summed E-state index contributed by atoms with van der Waals surface area (Å²) in [4.78, 5) is 0. The van der Waals surface area contributed by atoms with E-state index in [0.717, 1.165) is 6.54 Å². The van der Waals surface area contributed by atoms with Gasteiger partial charge < -0.3 is 0 Å². The van der Waals surface area contributed by atoms with E-state index >= 15 is 0 Å². The van der Waals surface area contributed by atoms with Crippen LogP contribution in [0.15, 0.2) is 24.3 Å². The molecule has 2 heteroatoms. The van der Waals surface area contributed by atoms with E-state index in [0.29, 0.717) is 11.5 Å². The molecule has 0 amide bonds. The van der Waals surface area contributed by atoms with E-state index in [2.05, 4.69) is 69.0 Å². The van der Waals surface area contributed by atoms with Crippen LogP contribution in [0.5, 0.6) is 0 Å². The van der Waals surface area contributed by atoms with Crippen molar-refractivity contribution in [1.29, 1.82) is 0 Å². The third kappa shape index (κ3) is 3.42. The van der Waals surface area contributed by atoms with E-state index in [1.165, 1.54) is 36.9 Å². The molecular formula is C18H30N2. The third-order valence-electron chi connectivity index (χ3n) is 4.81. The summed E-state index contributed by atoms with van der Waals surface area (Å²) in [6.45, 7) is 11.5. The van der Waals surface area contributed by atoms with E-state index in [-0.39, 0.29) is 0 Å². The number of nitrogens with zero attached hydrogens (tertiary/aromatic N) is 2. The maximum absolute atomic E-state index is 2.53. The number of benzene rings is 1. The van der Waals surface area contributed by atoms with Crippen molar-refractivity contribution in [3.63, 3.8) is 0 Å². The molecule has 112 valence electrons. The summed E-state index contributed by atoms with van der Waals surface area (Å²) in [6.07, 6.45) is 3.81. The Labute approximate surface area is 124 Å². The van der Waals surface area contributed by atoms with Gasteiger partial charge in [-0.05, 0) is 50.2 Å². The van der Waals surface area contributed by atoms with Crippen LogP contribution in [0.4, 0.5) is 0 Å². The van der Waals surface area contributed by atoms with Gasteiger partial charge in [0.2, 0.25) is 0 Å². The molecule has 0 saturated carbocycles. The molecule has 0 aliphatic carbocycles. The standard InChI is InChI=1S/C18H30N2/c1-6-15(2)17-10-7-9-16(13-17)14-19(5)20-12-8-11-18(20,3)4/h7,9-10,13,15H,6,8,11-12,14H2,1-5H3. The van der Waals surface area contributed by atoms with E-state index in [1.54, 1.807) is 0 Å². The first kappa shape index (κ1) is 15.5. The van der Waals surface area contributed by atoms with Crippen LogP contribution in [0.3, 0.4) is 0 Å². The van der Waals surface area contributed by atoms with E-state index in [4.69, 9.17) is 0 Å². The Balaban J connectivity index is 2.06. The first-order valence-electron chi connectivity index (χ1n) is 8.01. The topological polar surface area (TPSA) is 6.48 Å². The third-order valence-corrected chi connectivity index (χ3v) is 4.81. The molecule has 0 spiro atoms. The molecule has 1 aliphatic rings. The van der Waals surface area contributed by atoms with E-state index < -0.39 is 0 Å². The summed E-state index contributed by atoms with van der Waals surface area (Å²) in [5.74, 6) is 0.656. The maximum Gasteiger partial charge on any atom is 0.0381 e. The molecule has 1 unspecified atom stereocenters. The molecule has 1 aromatic carbocycles. The highest BCUT2D eigenvalue weighted by molar-refractivity contribution is 5.26. The summed E-state index contributed by atoms with van der Waals surface area (Å²) in [6, 6.07) is 9.11. The minimum atomic E-state index is 0.309. The van der Waals surface area contributed by atoms with Crippen molar-refractivity contribution in [3.8, 4) is 0 Å². The molecule has 20 heavy (non-hydrogen) atoms. The number of rotatable bonds is 5. The van der Waals surface area contributed by atoms with Crippen molar-refractivity contribution in [3.05, 3.63) is 35.4 Å². The molecule has 1 aromatic rings. The average molecular weight is 274 g/mol. The lowest BCUT2D eigenvalue weighted by molar-refractivity contribution is -0.0567. The summed E-state index contributed by atoms with van der Waals surface area (Å²) >= 11 is 0. The van der Waals surface area contributed by atoms with E-state index in [1.807, 2.05) is 0 Å². The van der Waals surface area contributed by atoms with Crippen LogP contribution in [0, 0.1) is 0 Å². The van der Waals surface area contributed by atoms with Gasteiger partial charge in [-0.25, -0.2) is 10.0 Å². The van der Waals surface area contributed by atoms with Crippen LogP contribution in [-0.4, -0.2) is 29.1 Å². The lowest BCUT2D eigenvalue weighted by Crippen LogP contribution is -2.48. The normalized spacial score (nSPS) is 20.5. The van der Waals surface area contributed by atoms with Crippen LogP contribution in [0.1, 0.15) is 64.0 Å². The molecule has 1 fully saturated rings. The lowest BCUT2D eigenvalue weighted by Gasteiger charge is -2.38. The Morgan fingerprint density at radius 3 is 2.70 bits per heavy atom. The van der Waals surface area contributed by atoms with Crippen LogP contribution < -0.4 is 0 Å². The van der Waals surface area contributed by atoms with Crippen molar-refractivity contribution < 1.29 is 0 Å². The predicted molar refractivity (Wildman–Crippen MR) is 86.6 cm³/mol. The lowest BCUT2D eigenvalue weighted by atomic mass is 9.97. The van der Waals surface area contributed by atoms with Gasteiger partial charge in [0, 0.05) is 25.7 Å². The summed E-state index contributed by atoms with van der Waals surface area (Å²) in [7, 11) is 2.23. The van der Waals surface area contributed by atoms with Gasteiger partial charge in [-0.1, -0.05) is 38.1 Å². The molecular weight excluding hydrogens is 244 g/mol. The van der Waals surface area contributed by atoms with Crippen LogP contribution in [-0.2, 0) is 6.54 Å².